The molecule has 0 aliphatic carbocycles. The number of hydrogen-bond donors (Lipinski definition) is 6. The lowest BCUT2D eigenvalue weighted by molar-refractivity contribution is -0.139. The summed E-state index contributed by atoms with van der Waals surface area (Å²) < 4.78 is 16.1. The summed E-state index contributed by atoms with van der Waals surface area (Å²) in [4.78, 5) is 192. The standard InChI is InChI=1S/C22H29N3O4.C20H26N2O3.C14H24N2O4.C13H20N2O3.C13H21NO3.C12H6.C10H16N2O2/c1-22(2,3)24-15-18(26)14-17(13-16-7-5-4-6-8-16)21(29)23-11-12-25-19(27)9-10-20(25)28;1-20(2,3)14-16(13-15-7-5-4-6-8-15)19(25)21-11-12-22-17(23)9-10-18(22)24;1-14(2,3)15-6-8-19-10-11-20-9-7-16-12(17)4-5-13(16)18;1-13(2,3)7-6-10(16)14-8-9-15-11(17)4-5-12(15)18;1-13(2,3)7-4-9-17-10-8-14-11(15)5-6-12(14)16;1-3-5-7-9-11-12-10-8-6-4-2;1-10(2,3)11-6-7-12-8(13)4-5-9(12)14/h4-10,17,24H,11-15H2,1-3H3,(H,23,29);4-10,16H,11-14H2,1-3H3,(H,21,25);4-5,15H,6-11H2,1-3H3;4-5H,6-9H2,1-3H3,(H,14,16);5-6H,4,7-10H2,1-3H3;1-2H3;4-5,11H,6-7H2,1-3H3/t17-;16-;;;;;/m11...../s1. The van der Waals surface area contributed by atoms with Gasteiger partial charge >= 0.3 is 0 Å². The molecule has 135 heavy (non-hydrogen) atoms. The average Bonchev–Trinajstić information content (AvgIpc) is 1.95. The Morgan fingerprint density at radius 2 is 0.615 bits per heavy atom. The van der Waals surface area contributed by atoms with Gasteiger partial charge in [0.25, 0.3) is 70.9 Å². The molecule has 732 valence electrons. The smallest absolute Gasteiger partial charge is 0.253 e. The molecule has 2 aromatic rings. The van der Waals surface area contributed by atoms with Crippen LogP contribution in [0.1, 0.15) is 188 Å². The van der Waals surface area contributed by atoms with Gasteiger partial charge < -0.3 is 46.1 Å². The number of amides is 15. The maximum Gasteiger partial charge on any atom is 0.253 e. The molecule has 2 aromatic carbocycles. The van der Waals surface area contributed by atoms with Crippen molar-refractivity contribution in [3.8, 4) is 59.2 Å². The molecule has 0 fully saturated rings. The number of carbonyl (C=O) groups excluding carboxylic acids is 16. The van der Waals surface area contributed by atoms with E-state index in [0.717, 1.165) is 63.0 Å². The Balaban J connectivity index is 0.000000542. The minimum atomic E-state index is -0.519. The molecule has 6 aliphatic rings. The van der Waals surface area contributed by atoms with Gasteiger partial charge in [-0.05, 0) is 189 Å². The van der Waals surface area contributed by atoms with E-state index in [2.05, 4.69) is 174 Å². The predicted octanol–water partition coefficient (Wildman–Crippen LogP) is 7.84. The van der Waals surface area contributed by atoms with Gasteiger partial charge in [-0.15, -0.1) is 0 Å². The van der Waals surface area contributed by atoms with E-state index in [0.29, 0.717) is 90.5 Å². The van der Waals surface area contributed by atoms with Gasteiger partial charge in [-0.25, -0.2) is 0 Å². The van der Waals surface area contributed by atoms with Crippen molar-refractivity contribution in [2.24, 2.45) is 28.1 Å². The third-order valence-electron chi connectivity index (χ3n) is 19.1. The van der Waals surface area contributed by atoms with Crippen molar-refractivity contribution in [3.05, 3.63) is 145 Å². The Morgan fingerprint density at radius 1 is 0.319 bits per heavy atom. The number of imide groups is 6. The first-order chi connectivity index (χ1) is 63.3. The van der Waals surface area contributed by atoms with Crippen molar-refractivity contribution in [3.63, 3.8) is 0 Å². The van der Waals surface area contributed by atoms with Crippen molar-refractivity contribution in [1.29, 1.82) is 0 Å². The molecule has 0 spiro atoms. The summed E-state index contributed by atoms with van der Waals surface area (Å²) >= 11 is 0. The number of benzene rings is 2. The largest absolute Gasteiger partial charge is 0.380 e. The zero-order valence-electron chi connectivity index (χ0n) is 82.7. The minimum Gasteiger partial charge on any atom is -0.380 e. The van der Waals surface area contributed by atoms with Crippen LogP contribution in [-0.4, -0.2) is 259 Å². The number of rotatable bonds is 40. The molecule has 31 heteroatoms. The fourth-order valence-electron chi connectivity index (χ4n) is 12.2. The first kappa shape index (κ1) is 118. The monoisotopic (exact) mass is 1860 g/mol. The van der Waals surface area contributed by atoms with Crippen LogP contribution in [0.4, 0.5) is 0 Å². The number of hydrogen-bond acceptors (Lipinski definition) is 22. The molecule has 31 nitrogen and oxygen atoms in total. The van der Waals surface area contributed by atoms with Gasteiger partial charge in [0.05, 0.1) is 52.7 Å². The number of nitrogens with zero attached hydrogens (tertiary/aromatic N) is 6. The van der Waals surface area contributed by atoms with Crippen molar-refractivity contribution in [1.82, 2.24) is 61.3 Å². The van der Waals surface area contributed by atoms with E-state index in [1.165, 1.54) is 82.7 Å². The fraction of sp³-hybridized carbons (Fsp3) is 0.519. The molecular weight excluding hydrogens is 1720 g/mol. The molecule has 15 amide bonds. The third-order valence-corrected chi connectivity index (χ3v) is 19.1. The Bertz CT molecular complexity index is 4720. The molecule has 0 saturated heterocycles. The van der Waals surface area contributed by atoms with Gasteiger partial charge in [0.1, 0.15) is 5.78 Å². The molecular formula is C104H142N12O19. The van der Waals surface area contributed by atoms with Crippen LogP contribution in [0.2, 0.25) is 0 Å². The molecule has 0 saturated carbocycles. The summed E-state index contributed by atoms with van der Waals surface area (Å²) in [6.45, 7) is 48.0. The zero-order valence-corrected chi connectivity index (χ0v) is 82.7. The molecule has 0 aromatic heterocycles. The molecule has 0 radical (unpaired) electrons. The van der Waals surface area contributed by atoms with Crippen LogP contribution < -0.4 is 31.9 Å². The number of carbonyl (C=O) groups is 16. The summed E-state index contributed by atoms with van der Waals surface area (Å²) in [6.07, 6.45) is 20.5. The van der Waals surface area contributed by atoms with E-state index < -0.39 is 5.92 Å². The fourth-order valence-corrected chi connectivity index (χ4v) is 12.2. The first-order valence-corrected chi connectivity index (χ1v) is 45.3. The zero-order chi connectivity index (χ0) is 101. The van der Waals surface area contributed by atoms with Crippen molar-refractivity contribution >= 4 is 94.4 Å². The molecule has 8 rings (SSSR count). The molecule has 6 N–H and O–H groups in total. The summed E-state index contributed by atoms with van der Waals surface area (Å²) in [5.41, 5.74) is 2.51. The number of nitrogens with one attached hydrogen (secondary N) is 6. The highest BCUT2D eigenvalue weighted by molar-refractivity contribution is 6.16. The van der Waals surface area contributed by atoms with Crippen LogP contribution in [0, 0.1) is 87.3 Å². The van der Waals surface area contributed by atoms with Gasteiger partial charge in [0, 0.05) is 180 Å². The molecule has 0 bridgehead atoms. The van der Waals surface area contributed by atoms with Crippen LogP contribution in [0.25, 0.3) is 0 Å². The highest BCUT2D eigenvalue weighted by Gasteiger charge is 2.32. The molecule has 0 unspecified atom stereocenters. The van der Waals surface area contributed by atoms with Crippen LogP contribution in [0.5, 0.6) is 0 Å². The topological polar surface area (TPSA) is 392 Å². The number of ketones is 1. The van der Waals surface area contributed by atoms with Crippen LogP contribution in [-0.2, 0) is 104 Å². The molecule has 6 aliphatic heterocycles. The maximum atomic E-state index is 12.7. The maximum absolute atomic E-state index is 12.7. The second-order valence-electron chi connectivity index (χ2n) is 38.2. The van der Waals surface area contributed by atoms with E-state index in [-0.39, 0.29) is 180 Å². The quantitative estimate of drug-likeness (QED) is 0.0210. The van der Waals surface area contributed by atoms with E-state index in [1.807, 2.05) is 102 Å². The Labute approximate surface area is 799 Å². The van der Waals surface area contributed by atoms with Crippen LogP contribution in [0.15, 0.2) is 134 Å². The van der Waals surface area contributed by atoms with Gasteiger partial charge in [-0.3, -0.25) is 106 Å². The number of ether oxygens (including phenoxy) is 3. The van der Waals surface area contributed by atoms with E-state index >= 15 is 0 Å². The molecule has 2 atom stereocenters. The van der Waals surface area contributed by atoms with Gasteiger partial charge in [-0.2, -0.15) is 0 Å². The second-order valence-corrected chi connectivity index (χ2v) is 38.2. The Morgan fingerprint density at radius 3 is 0.948 bits per heavy atom. The predicted molar refractivity (Wildman–Crippen MR) is 518 cm³/mol. The van der Waals surface area contributed by atoms with Crippen LogP contribution >= 0.6 is 0 Å². The average molecular weight is 1860 g/mol. The lowest BCUT2D eigenvalue weighted by Gasteiger charge is -2.26. The highest BCUT2D eigenvalue weighted by Crippen LogP contribution is 2.28. The van der Waals surface area contributed by atoms with Gasteiger partial charge in [0.15, 0.2) is 0 Å². The summed E-state index contributed by atoms with van der Waals surface area (Å²) in [5.74, 6) is 21.0. The summed E-state index contributed by atoms with van der Waals surface area (Å²) in [5, 5.41) is 18.0. The Kier molecular flexibility index (Phi) is 54.4. The third kappa shape index (κ3) is 56.2. The van der Waals surface area contributed by atoms with E-state index in [4.69, 9.17) is 14.2 Å². The first-order valence-electron chi connectivity index (χ1n) is 45.3. The van der Waals surface area contributed by atoms with Gasteiger partial charge in [-0.1, -0.05) is 135 Å². The highest BCUT2D eigenvalue weighted by atomic mass is 16.5. The van der Waals surface area contributed by atoms with Crippen molar-refractivity contribution in [2.75, 3.05) is 118 Å². The SMILES string of the molecule is CC#CC#CC#CC#CC#CC.CC(C)(C)CCC(=O)NCCN1C(=O)C=CC1=O.CC(C)(C)CCCOCCN1C(=O)C=CC1=O.CC(C)(C)C[C@@H](Cc1ccccc1)C(=O)NCCN1C(=O)C=CC1=O.CC(C)(C)NCC(=O)C[C@@H](Cc1ccccc1)C(=O)NCCN1C(=O)C=CC1=O.CC(C)(C)NCCN1C(=O)C=CC1=O.CC(C)(C)NCCOCCOCCN1C(=O)C=CC1=O. The normalized spacial score (nSPS) is 14.5. The summed E-state index contributed by atoms with van der Waals surface area (Å²) in [6, 6.07) is 19.5. The van der Waals surface area contributed by atoms with Crippen LogP contribution in [0.3, 0.4) is 0 Å². The van der Waals surface area contributed by atoms with E-state index in [1.54, 1.807) is 13.8 Å². The lowest BCUT2D eigenvalue weighted by atomic mass is 9.81. The van der Waals surface area contributed by atoms with E-state index in [9.17, 15) is 76.7 Å². The lowest BCUT2D eigenvalue weighted by Crippen LogP contribution is -2.43. The minimum absolute atomic E-state index is 0.0131. The van der Waals surface area contributed by atoms with Crippen molar-refractivity contribution in [2.45, 2.75) is 206 Å². The summed E-state index contributed by atoms with van der Waals surface area (Å²) in [7, 11) is 0. The van der Waals surface area contributed by atoms with Gasteiger partial charge in [0.2, 0.25) is 17.7 Å². The van der Waals surface area contributed by atoms with Crippen molar-refractivity contribution < 1.29 is 90.9 Å². The number of Topliss-reactive ketones (excluding diaryl/α,β-unsaturated/α-hetero) is 1. The Hall–Kier alpha value is -12.6. The second kappa shape index (κ2) is 62.0. The molecule has 6 heterocycles.